The lowest BCUT2D eigenvalue weighted by atomic mass is 9.89. The van der Waals surface area contributed by atoms with Crippen LogP contribution in [0, 0.1) is 6.92 Å². The first kappa shape index (κ1) is 13.3. The number of alkyl halides is 1. The fraction of sp³-hybridized carbons (Fsp3) is 0.625. The Bertz CT molecular complexity index is 446. The Morgan fingerprint density at radius 2 is 2.16 bits per heavy atom. The molecule has 2 nitrogen and oxygen atoms in total. The van der Waals surface area contributed by atoms with Gasteiger partial charge in [-0.3, -0.25) is 0 Å². The van der Waals surface area contributed by atoms with E-state index < -0.39 is 0 Å². The Balaban J connectivity index is 1.87. The van der Waals surface area contributed by atoms with Crippen LogP contribution in [0.15, 0.2) is 18.2 Å². The van der Waals surface area contributed by atoms with E-state index in [1.807, 2.05) is 0 Å². The van der Waals surface area contributed by atoms with E-state index in [-0.39, 0.29) is 0 Å². The number of anilines is 1. The lowest BCUT2D eigenvalue weighted by molar-refractivity contribution is -0.00871. The van der Waals surface area contributed by atoms with Gasteiger partial charge >= 0.3 is 0 Å². The normalized spacial score (nSPS) is 27.2. The monoisotopic (exact) mass is 279 g/mol. The van der Waals surface area contributed by atoms with Gasteiger partial charge in [0.2, 0.25) is 0 Å². The SMILES string of the molecule is Cc1cc(CCl)ccc1N1CCOC2CCCCC21. The summed E-state index contributed by atoms with van der Waals surface area (Å²) in [5.41, 5.74) is 3.91. The molecule has 19 heavy (non-hydrogen) atoms. The molecule has 1 saturated carbocycles. The number of aryl methyl sites for hydroxylation is 1. The molecule has 2 atom stereocenters. The Kier molecular flexibility index (Phi) is 3.99. The molecule has 2 unspecified atom stereocenters. The van der Waals surface area contributed by atoms with Gasteiger partial charge in [0.25, 0.3) is 0 Å². The smallest absolute Gasteiger partial charge is 0.0779 e. The van der Waals surface area contributed by atoms with Gasteiger partial charge < -0.3 is 9.64 Å². The summed E-state index contributed by atoms with van der Waals surface area (Å²) >= 11 is 5.91. The van der Waals surface area contributed by atoms with Crippen molar-refractivity contribution >= 4 is 17.3 Å². The minimum Gasteiger partial charge on any atom is -0.374 e. The van der Waals surface area contributed by atoms with Crippen LogP contribution in [0.3, 0.4) is 0 Å². The number of morpholine rings is 1. The molecule has 2 fully saturated rings. The maximum Gasteiger partial charge on any atom is 0.0779 e. The van der Waals surface area contributed by atoms with E-state index in [0.717, 1.165) is 13.2 Å². The summed E-state index contributed by atoms with van der Waals surface area (Å²) in [6, 6.07) is 7.19. The Morgan fingerprint density at radius 3 is 2.95 bits per heavy atom. The summed E-state index contributed by atoms with van der Waals surface area (Å²) in [6.07, 6.45) is 5.58. The van der Waals surface area contributed by atoms with Gasteiger partial charge in [0.15, 0.2) is 0 Å². The molecule has 0 bridgehead atoms. The van der Waals surface area contributed by atoms with Crippen molar-refractivity contribution in [3.8, 4) is 0 Å². The third-order valence-electron chi connectivity index (χ3n) is 4.46. The molecule has 2 aliphatic rings. The molecule has 1 saturated heterocycles. The Morgan fingerprint density at radius 1 is 1.32 bits per heavy atom. The van der Waals surface area contributed by atoms with Gasteiger partial charge in [-0.1, -0.05) is 25.0 Å². The van der Waals surface area contributed by atoms with Crippen LogP contribution in [0.5, 0.6) is 0 Å². The summed E-state index contributed by atoms with van der Waals surface area (Å²) in [4.78, 5) is 2.57. The van der Waals surface area contributed by atoms with Crippen LogP contribution in [0.25, 0.3) is 0 Å². The molecule has 1 aliphatic carbocycles. The Labute approximate surface area is 120 Å². The van der Waals surface area contributed by atoms with Crippen molar-refractivity contribution < 1.29 is 4.74 Å². The molecule has 1 aromatic carbocycles. The Hall–Kier alpha value is -0.730. The molecule has 1 aromatic rings. The third-order valence-corrected chi connectivity index (χ3v) is 4.77. The number of hydrogen-bond acceptors (Lipinski definition) is 2. The average molecular weight is 280 g/mol. The highest BCUT2D eigenvalue weighted by Gasteiger charge is 2.34. The summed E-state index contributed by atoms with van der Waals surface area (Å²) in [6.45, 7) is 4.07. The topological polar surface area (TPSA) is 12.5 Å². The maximum atomic E-state index is 5.96. The minimum atomic E-state index is 0.439. The van der Waals surface area contributed by atoms with Crippen molar-refractivity contribution in [2.45, 2.75) is 50.6 Å². The highest BCUT2D eigenvalue weighted by atomic mass is 35.5. The molecule has 1 aliphatic heterocycles. The molecular formula is C16H22ClNO. The van der Waals surface area contributed by atoms with Gasteiger partial charge in [-0.25, -0.2) is 0 Å². The predicted molar refractivity (Wildman–Crippen MR) is 80.1 cm³/mol. The summed E-state index contributed by atoms with van der Waals surface area (Å²) in [7, 11) is 0. The van der Waals surface area contributed by atoms with Gasteiger partial charge in [0, 0.05) is 18.1 Å². The van der Waals surface area contributed by atoms with Gasteiger partial charge in [0.05, 0.1) is 18.8 Å². The summed E-state index contributed by atoms with van der Waals surface area (Å²) < 4.78 is 5.96. The van der Waals surface area contributed by atoms with Crippen LogP contribution < -0.4 is 4.90 Å². The largest absolute Gasteiger partial charge is 0.374 e. The van der Waals surface area contributed by atoms with Crippen molar-refractivity contribution in [2.24, 2.45) is 0 Å². The molecule has 1 heterocycles. The molecule has 3 rings (SSSR count). The van der Waals surface area contributed by atoms with Gasteiger partial charge in [-0.15, -0.1) is 11.6 Å². The maximum absolute atomic E-state index is 5.96. The van der Waals surface area contributed by atoms with Gasteiger partial charge in [-0.2, -0.15) is 0 Å². The van der Waals surface area contributed by atoms with Crippen LogP contribution in [-0.2, 0) is 10.6 Å². The van der Waals surface area contributed by atoms with E-state index in [0.29, 0.717) is 18.0 Å². The van der Waals surface area contributed by atoms with Crippen molar-refractivity contribution in [3.05, 3.63) is 29.3 Å². The zero-order valence-corrected chi connectivity index (χ0v) is 12.3. The first-order valence-corrected chi connectivity index (χ1v) is 7.87. The summed E-state index contributed by atoms with van der Waals surface area (Å²) in [5.74, 6) is 0.594. The van der Waals surface area contributed by atoms with E-state index >= 15 is 0 Å². The number of rotatable bonds is 2. The van der Waals surface area contributed by atoms with E-state index in [2.05, 4.69) is 30.0 Å². The molecule has 104 valence electrons. The minimum absolute atomic E-state index is 0.439. The predicted octanol–water partition coefficient (Wildman–Crippen LogP) is 3.88. The number of nitrogens with zero attached hydrogens (tertiary/aromatic N) is 1. The van der Waals surface area contributed by atoms with Crippen molar-refractivity contribution in [1.29, 1.82) is 0 Å². The molecule has 3 heteroatoms. The second kappa shape index (κ2) is 5.72. The first-order chi connectivity index (χ1) is 9.29. The van der Waals surface area contributed by atoms with Crippen LogP contribution in [0.1, 0.15) is 36.8 Å². The number of benzene rings is 1. The van der Waals surface area contributed by atoms with Crippen molar-refractivity contribution in [1.82, 2.24) is 0 Å². The molecule has 0 N–H and O–H groups in total. The second-order valence-corrected chi connectivity index (χ2v) is 5.98. The molecule has 0 aromatic heterocycles. The zero-order valence-electron chi connectivity index (χ0n) is 11.6. The standard InChI is InChI=1S/C16H22ClNO/c1-12-10-13(11-17)6-7-14(12)18-8-9-19-16-5-3-2-4-15(16)18/h6-7,10,15-16H,2-5,8-9,11H2,1H3. The molecule has 0 spiro atoms. The average Bonchev–Trinajstić information content (AvgIpc) is 2.46. The fourth-order valence-electron chi connectivity index (χ4n) is 3.52. The van der Waals surface area contributed by atoms with Gasteiger partial charge in [0.1, 0.15) is 0 Å². The van der Waals surface area contributed by atoms with E-state index in [4.69, 9.17) is 16.3 Å². The fourth-order valence-corrected chi connectivity index (χ4v) is 3.68. The number of fused-ring (bicyclic) bond motifs is 1. The van der Waals surface area contributed by atoms with Gasteiger partial charge in [-0.05, 0) is 37.0 Å². The van der Waals surface area contributed by atoms with Crippen molar-refractivity contribution in [3.63, 3.8) is 0 Å². The zero-order chi connectivity index (χ0) is 13.2. The molecule has 0 radical (unpaired) electrons. The van der Waals surface area contributed by atoms with Crippen LogP contribution in [-0.4, -0.2) is 25.3 Å². The van der Waals surface area contributed by atoms with Crippen LogP contribution >= 0.6 is 11.6 Å². The number of halogens is 1. The lowest BCUT2D eigenvalue weighted by Crippen LogP contribution is -2.53. The van der Waals surface area contributed by atoms with E-state index in [9.17, 15) is 0 Å². The van der Waals surface area contributed by atoms with Crippen LogP contribution in [0.4, 0.5) is 5.69 Å². The highest BCUT2D eigenvalue weighted by molar-refractivity contribution is 6.17. The van der Waals surface area contributed by atoms with Crippen LogP contribution in [0.2, 0.25) is 0 Å². The summed E-state index contributed by atoms with van der Waals surface area (Å²) in [5, 5.41) is 0. The molecular weight excluding hydrogens is 258 g/mol. The van der Waals surface area contributed by atoms with E-state index in [1.165, 1.54) is 42.5 Å². The lowest BCUT2D eigenvalue weighted by Gasteiger charge is -2.45. The quantitative estimate of drug-likeness (QED) is 0.762. The first-order valence-electron chi connectivity index (χ1n) is 7.33. The van der Waals surface area contributed by atoms with Crippen molar-refractivity contribution in [2.75, 3.05) is 18.1 Å². The third kappa shape index (κ3) is 2.61. The number of ether oxygens (including phenoxy) is 1. The second-order valence-electron chi connectivity index (χ2n) is 5.71. The van der Waals surface area contributed by atoms with E-state index in [1.54, 1.807) is 0 Å². The number of hydrogen-bond donors (Lipinski definition) is 0. The molecule has 0 amide bonds. The highest BCUT2D eigenvalue weighted by Crippen LogP contribution is 2.33.